The summed E-state index contributed by atoms with van der Waals surface area (Å²) in [4.78, 5) is 5.18. The fraction of sp³-hybridized carbons (Fsp3) is 0.364. The Bertz CT molecular complexity index is 406. The SMILES string of the molecule is Cc1ccc(C2=NOC(CCl)C2)cc1Br. The van der Waals surface area contributed by atoms with Crippen LogP contribution >= 0.6 is 27.5 Å². The van der Waals surface area contributed by atoms with Gasteiger partial charge in [0, 0.05) is 16.5 Å². The molecule has 0 aromatic heterocycles. The Morgan fingerprint density at radius 1 is 1.60 bits per heavy atom. The maximum absolute atomic E-state index is 5.71. The third-order valence-electron chi connectivity index (χ3n) is 2.41. The number of hydrogen-bond donors (Lipinski definition) is 0. The molecule has 0 bridgehead atoms. The molecular formula is C11H11BrClNO. The molecule has 2 rings (SSSR count). The van der Waals surface area contributed by atoms with Crippen molar-refractivity contribution in [2.24, 2.45) is 5.16 Å². The second-order valence-electron chi connectivity index (χ2n) is 3.59. The van der Waals surface area contributed by atoms with E-state index >= 15 is 0 Å². The van der Waals surface area contributed by atoms with E-state index in [0.717, 1.165) is 22.2 Å². The van der Waals surface area contributed by atoms with Gasteiger partial charge >= 0.3 is 0 Å². The zero-order valence-corrected chi connectivity index (χ0v) is 10.7. The smallest absolute Gasteiger partial charge is 0.146 e. The number of nitrogens with zero attached hydrogens (tertiary/aromatic N) is 1. The molecular weight excluding hydrogens is 277 g/mol. The van der Waals surface area contributed by atoms with Crippen molar-refractivity contribution in [3.8, 4) is 0 Å². The summed E-state index contributed by atoms with van der Waals surface area (Å²) in [6.45, 7) is 2.06. The van der Waals surface area contributed by atoms with Crippen molar-refractivity contribution in [1.29, 1.82) is 0 Å². The van der Waals surface area contributed by atoms with E-state index in [4.69, 9.17) is 16.4 Å². The lowest BCUT2D eigenvalue weighted by molar-refractivity contribution is 0.102. The minimum atomic E-state index is 0.0294. The highest BCUT2D eigenvalue weighted by atomic mass is 79.9. The first-order chi connectivity index (χ1) is 7.20. The van der Waals surface area contributed by atoms with Gasteiger partial charge in [0.05, 0.1) is 11.6 Å². The van der Waals surface area contributed by atoms with Crippen molar-refractivity contribution in [1.82, 2.24) is 0 Å². The Labute approximate surface area is 102 Å². The molecule has 0 aliphatic carbocycles. The largest absolute Gasteiger partial charge is 0.391 e. The Hall–Kier alpha value is -0.540. The van der Waals surface area contributed by atoms with Gasteiger partial charge in [-0.05, 0) is 18.6 Å². The van der Waals surface area contributed by atoms with E-state index in [1.54, 1.807) is 0 Å². The van der Waals surface area contributed by atoms with Crippen LogP contribution < -0.4 is 0 Å². The number of benzene rings is 1. The molecule has 0 saturated carbocycles. The first kappa shape index (κ1) is 11.0. The number of aryl methyl sites for hydroxylation is 1. The second kappa shape index (κ2) is 4.54. The molecule has 1 aliphatic rings. The fourth-order valence-electron chi connectivity index (χ4n) is 1.45. The Morgan fingerprint density at radius 3 is 3.00 bits per heavy atom. The van der Waals surface area contributed by atoms with E-state index in [2.05, 4.69) is 46.2 Å². The first-order valence-electron chi connectivity index (χ1n) is 4.76. The predicted octanol–water partition coefficient (Wildman–Crippen LogP) is 3.49. The van der Waals surface area contributed by atoms with E-state index in [1.807, 2.05) is 0 Å². The highest BCUT2D eigenvalue weighted by Gasteiger charge is 2.21. The van der Waals surface area contributed by atoms with Crippen molar-refractivity contribution < 1.29 is 4.84 Å². The van der Waals surface area contributed by atoms with Crippen molar-refractivity contribution in [2.45, 2.75) is 19.4 Å². The number of hydrogen-bond acceptors (Lipinski definition) is 2. The topological polar surface area (TPSA) is 21.6 Å². The lowest BCUT2D eigenvalue weighted by Crippen LogP contribution is -2.09. The monoisotopic (exact) mass is 287 g/mol. The third-order valence-corrected chi connectivity index (χ3v) is 3.61. The molecule has 0 amide bonds. The standard InChI is InChI=1S/C11H11BrClNO/c1-7-2-3-8(4-10(7)12)11-5-9(6-13)15-14-11/h2-4,9H,5-6H2,1H3. The summed E-state index contributed by atoms with van der Waals surface area (Å²) in [6, 6.07) is 6.18. The minimum absolute atomic E-state index is 0.0294. The van der Waals surface area contributed by atoms with Gasteiger partial charge in [0.15, 0.2) is 0 Å². The van der Waals surface area contributed by atoms with Crippen LogP contribution in [-0.2, 0) is 4.84 Å². The molecule has 0 fully saturated rings. The maximum Gasteiger partial charge on any atom is 0.146 e. The second-order valence-corrected chi connectivity index (χ2v) is 4.75. The average Bonchev–Trinajstić information content (AvgIpc) is 2.70. The van der Waals surface area contributed by atoms with Crippen LogP contribution in [0.5, 0.6) is 0 Å². The van der Waals surface area contributed by atoms with Crippen LogP contribution in [0.2, 0.25) is 0 Å². The summed E-state index contributed by atoms with van der Waals surface area (Å²) >= 11 is 9.21. The molecule has 4 heteroatoms. The zero-order valence-electron chi connectivity index (χ0n) is 8.34. The predicted molar refractivity (Wildman–Crippen MR) is 65.6 cm³/mol. The minimum Gasteiger partial charge on any atom is -0.391 e. The van der Waals surface area contributed by atoms with Crippen molar-refractivity contribution in [2.75, 3.05) is 5.88 Å². The third kappa shape index (κ3) is 2.34. The lowest BCUT2D eigenvalue weighted by atomic mass is 10.0. The highest BCUT2D eigenvalue weighted by molar-refractivity contribution is 9.10. The molecule has 0 radical (unpaired) electrons. The summed E-state index contributed by atoms with van der Waals surface area (Å²) in [5.41, 5.74) is 3.29. The van der Waals surface area contributed by atoms with Gasteiger partial charge in [-0.1, -0.05) is 33.2 Å². The van der Waals surface area contributed by atoms with E-state index in [0.29, 0.717) is 5.88 Å². The molecule has 0 N–H and O–H groups in total. The van der Waals surface area contributed by atoms with Crippen LogP contribution in [0.15, 0.2) is 27.8 Å². The van der Waals surface area contributed by atoms with Crippen LogP contribution in [0, 0.1) is 6.92 Å². The van der Waals surface area contributed by atoms with Gasteiger partial charge in [-0.2, -0.15) is 0 Å². The van der Waals surface area contributed by atoms with Gasteiger partial charge in [0.2, 0.25) is 0 Å². The lowest BCUT2D eigenvalue weighted by Gasteiger charge is -2.03. The summed E-state index contributed by atoms with van der Waals surface area (Å²) in [5.74, 6) is 0.486. The average molecular weight is 289 g/mol. The van der Waals surface area contributed by atoms with Crippen molar-refractivity contribution >= 4 is 33.2 Å². The van der Waals surface area contributed by atoms with Gasteiger partial charge < -0.3 is 4.84 Å². The van der Waals surface area contributed by atoms with Crippen LogP contribution in [0.25, 0.3) is 0 Å². The van der Waals surface area contributed by atoms with E-state index < -0.39 is 0 Å². The first-order valence-corrected chi connectivity index (χ1v) is 6.08. The molecule has 1 heterocycles. The maximum atomic E-state index is 5.71. The molecule has 1 aromatic carbocycles. The van der Waals surface area contributed by atoms with E-state index in [-0.39, 0.29) is 6.10 Å². The van der Waals surface area contributed by atoms with Crippen LogP contribution in [0.1, 0.15) is 17.5 Å². The molecule has 0 spiro atoms. The van der Waals surface area contributed by atoms with Gasteiger partial charge in [0.25, 0.3) is 0 Å². The van der Waals surface area contributed by atoms with Crippen LogP contribution in [-0.4, -0.2) is 17.7 Å². The quantitative estimate of drug-likeness (QED) is 0.763. The number of oxime groups is 1. The number of alkyl halides is 1. The molecule has 15 heavy (non-hydrogen) atoms. The molecule has 1 atom stereocenters. The molecule has 1 unspecified atom stereocenters. The number of halogens is 2. The van der Waals surface area contributed by atoms with Crippen molar-refractivity contribution in [3.63, 3.8) is 0 Å². The van der Waals surface area contributed by atoms with E-state index in [1.165, 1.54) is 5.56 Å². The molecule has 80 valence electrons. The summed E-state index contributed by atoms with van der Waals surface area (Å²) < 4.78 is 1.09. The molecule has 1 aromatic rings. The summed E-state index contributed by atoms with van der Waals surface area (Å²) in [6.07, 6.45) is 0.820. The molecule has 0 saturated heterocycles. The molecule has 2 nitrogen and oxygen atoms in total. The highest BCUT2D eigenvalue weighted by Crippen LogP contribution is 2.22. The fourth-order valence-corrected chi connectivity index (χ4v) is 2.00. The Balaban J connectivity index is 2.21. The van der Waals surface area contributed by atoms with E-state index in [9.17, 15) is 0 Å². The van der Waals surface area contributed by atoms with Gasteiger partial charge in [-0.15, -0.1) is 11.6 Å². The Kier molecular flexibility index (Phi) is 3.32. The number of rotatable bonds is 2. The Morgan fingerprint density at radius 2 is 2.40 bits per heavy atom. The summed E-state index contributed by atoms with van der Waals surface area (Å²) in [5, 5.41) is 4.04. The van der Waals surface area contributed by atoms with Crippen LogP contribution in [0.3, 0.4) is 0 Å². The van der Waals surface area contributed by atoms with Gasteiger partial charge in [0.1, 0.15) is 6.10 Å². The van der Waals surface area contributed by atoms with Crippen molar-refractivity contribution in [3.05, 3.63) is 33.8 Å². The zero-order chi connectivity index (χ0) is 10.8. The van der Waals surface area contributed by atoms with Crippen LogP contribution in [0.4, 0.5) is 0 Å². The molecule has 1 aliphatic heterocycles. The summed E-state index contributed by atoms with van der Waals surface area (Å²) in [7, 11) is 0. The van der Waals surface area contributed by atoms with Gasteiger partial charge in [-0.3, -0.25) is 0 Å². The normalized spacial score (nSPS) is 19.9. The van der Waals surface area contributed by atoms with Gasteiger partial charge in [-0.25, -0.2) is 0 Å².